The first-order chi connectivity index (χ1) is 7.24. The third-order valence-corrected chi connectivity index (χ3v) is 4.20. The lowest BCUT2D eigenvalue weighted by atomic mass is 9.85. The molecule has 2 N–H and O–H groups in total. The van der Waals surface area contributed by atoms with Gasteiger partial charge in [-0.05, 0) is 46.8 Å². The van der Waals surface area contributed by atoms with Crippen LogP contribution in [-0.2, 0) is 0 Å². The molecule has 2 aliphatic rings. The van der Waals surface area contributed by atoms with E-state index in [1.54, 1.807) is 0 Å². The summed E-state index contributed by atoms with van der Waals surface area (Å²) in [5.74, 6) is 0.580. The molecule has 0 spiro atoms. The van der Waals surface area contributed by atoms with Gasteiger partial charge in [0, 0.05) is 24.2 Å². The number of nitrogens with one attached hydrogen (secondary N) is 2. The number of aromatic nitrogens is 1. The highest BCUT2D eigenvalue weighted by Gasteiger charge is 2.39. The number of fused-ring (bicyclic) bond motifs is 2. The number of hydrogen-bond donors (Lipinski definition) is 2. The number of halogens is 1. The van der Waals surface area contributed by atoms with E-state index in [1.807, 2.05) is 12.3 Å². The Bertz CT molecular complexity index is 442. The molecule has 1 aromatic heterocycles. The smallest absolute Gasteiger partial charge is 0.262 e. The molecule has 3 nitrogen and oxygen atoms in total. The minimum absolute atomic E-state index is 0.0464. The normalized spacial score (nSPS) is 33.5. The van der Waals surface area contributed by atoms with E-state index >= 15 is 0 Å². The van der Waals surface area contributed by atoms with Gasteiger partial charge in [-0.25, -0.2) is 0 Å². The zero-order valence-corrected chi connectivity index (χ0v) is 9.88. The molecular weight excluding hydrogens is 256 g/mol. The van der Waals surface area contributed by atoms with Gasteiger partial charge in [0.2, 0.25) is 0 Å². The van der Waals surface area contributed by atoms with Crippen molar-refractivity contribution in [3.05, 3.63) is 32.7 Å². The highest BCUT2D eigenvalue weighted by atomic mass is 79.9. The summed E-state index contributed by atoms with van der Waals surface area (Å²) in [6, 6.07) is 3.28. The van der Waals surface area contributed by atoms with Crippen LogP contribution in [0, 0.1) is 0 Å². The summed E-state index contributed by atoms with van der Waals surface area (Å²) in [7, 11) is 0. The van der Waals surface area contributed by atoms with E-state index in [9.17, 15) is 4.79 Å². The first-order valence-corrected chi connectivity index (χ1v) is 6.17. The fourth-order valence-corrected chi connectivity index (χ4v) is 3.26. The molecule has 0 saturated carbocycles. The maximum Gasteiger partial charge on any atom is 0.262 e. The molecule has 0 radical (unpaired) electrons. The van der Waals surface area contributed by atoms with Crippen molar-refractivity contribution in [2.45, 2.75) is 37.3 Å². The first kappa shape index (κ1) is 9.60. The Kier molecular flexibility index (Phi) is 2.21. The molecule has 2 saturated heterocycles. The van der Waals surface area contributed by atoms with Gasteiger partial charge in [-0.15, -0.1) is 0 Å². The van der Waals surface area contributed by atoms with Crippen LogP contribution in [0.2, 0.25) is 0 Å². The summed E-state index contributed by atoms with van der Waals surface area (Å²) in [4.78, 5) is 14.0. The fraction of sp³-hybridized carbons (Fsp3) is 0.545. The molecule has 2 unspecified atom stereocenters. The summed E-state index contributed by atoms with van der Waals surface area (Å²) >= 11 is 3.28. The summed E-state index contributed by atoms with van der Waals surface area (Å²) in [6.45, 7) is 0. The third-order valence-electron chi connectivity index (χ3n) is 3.61. The second kappa shape index (κ2) is 3.46. The van der Waals surface area contributed by atoms with Gasteiger partial charge in [0.25, 0.3) is 5.56 Å². The van der Waals surface area contributed by atoms with Gasteiger partial charge >= 0.3 is 0 Å². The third kappa shape index (κ3) is 1.56. The number of pyridine rings is 1. The van der Waals surface area contributed by atoms with Crippen molar-refractivity contribution in [2.24, 2.45) is 0 Å². The zero-order chi connectivity index (χ0) is 10.4. The maximum absolute atomic E-state index is 11.2. The van der Waals surface area contributed by atoms with E-state index in [0.29, 0.717) is 22.5 Å². The lowest BCUT2D eigenvalue weighted by Crippen LogP contribution is -2.22. The molecule has 1 aromatic rings. The van der Waals surface area contributed by atoms with Crippen LogP contribution in [0.3, 0.4) is 0 Å². The lowest BCUT2D eigenvalue weighted by Gasteiger charge is -2.20. The highest BCUT2D eigenvalue weighted by molar-refractivity contribution is 9.10. The quantitative estimate of drug-likeness (QED) is 0.815. The van der Waals surface area contributed by atoms with Crippen LogP contribution in [-0.4, -0.2) is 17.1 Å². The number of hydrogen-bond acceptors (Lipinski definition) is 2. The highest BCUT2D eigenvalue weighted by Crippen LogP contribution is 2.39. The van der Waals surface area contributed by atoms with Crippen molar-refractivity contribution in [1.82, 2.24) is 10.3 Å². The van der Waals surface area contributed by atoms with Crippen LogP contribution in [0.15, 0.2) is 21.5 Å². The van der Waals surface area contributed by atoms with Gasteiger partial charge in [-0.2, -0.15) is 0 Å². The van der Waals surface area contributed by atoms with Gasteiger partial charge in [0.1, 0.15) is 0 Å². The second-order valence-electron chi connectivity index (χ2n) is 4.50. The predicted molar refractivity (Wildman–Crippen MR) is 62.1 cm³/mol. The number of H-pyrrole nitrogens is 1. The molecule has 3 heterocycles. The van der Waals surface area contributed by atoms with Gasteiger partial charge < -0.3 is 10.3 Å². The standard InChI is InChI=1S/C11H13BrN2O/c12-9-3-6(5-13-11(9)15)8-4-7-1-2-10(8)14-7/h3,5,7-8,10,14H,1-2,4H2,(H,13,15)/t7?,8-,10?/m1/s1. The molecule has 3 atom stereocenters. The zero-order valence-electron chi connectivity index (χ0n) is 8.29. The average molecular weight is 269 g/mol. The van der Waals surface area contributed by atoms with Gasteiger partial charge in [-0.3, -0.25) is 4.79 Å². The minimum Gasteiger partial charge on any atom is -0.328 e. The first-order valence-electron chi connectivity index (χ1n) is 5.38. The largest absolute Gasteiger partial charge is 0.328 e. The molecule has 0 aliphatic carbocycles. The lowest BCUT2D eigenvalue weighted by molar-refractivity contribution is 0.505. The molecule has 0 amide bonds. The topological polar surface area (TPSA) is 44.9 Å². The maximum atomic E-state index is 11.2. The van der Waals surface area contributed by atoms with Crippen molar-refractivity contribution >= 4 is 15.9 Å². The van der Waals surface area contributed by atoms with Crippen molar-refractivity contribution in [3.8, 4) is 0 Å². The van der Waals surface area contributed by atoms with Crippen LogP contribution in [0.4, 0.5) is 0 Å². The van der Waals surface area contributed by atoms with Crippen LogP contribution in [0.25, 0.3) is 0 Å². The van der Waals surface area contributed by atoms with Crippen molar-refractivity contribution < 1.29 is 0 Å². The summed E-state index contributed by atoms with van der Waals surface area (Å²) < 4.78 is 0.641. The fourth-order valence-electron chi connectivity index (χ4n) is 2.88. The van der Waals surface area contributed by atoms with Crippen LogP contribution < -0.4 is 10.9 Å². The Morgan fingerprint density at radius 2 is 2.27 bits per heavy atom. The molecule has 4 heteroatoms. The Morgan fingerprint density at radius 3 is 2.87 bits per heavy atom. The van der Waals surface area contributed by atoms with E-state index in [2.05, 4.69) is 26.2 Å². The predicted octanol–water partition coefficient (Wildman–Crippen LogP) is 1.75. The minimum atomic E-state index is -0.0464. The summed E-state index contributed by atoms with van der Waals surface area (Å²) in [6.07, 6.45) is 5.65. The molecule has 0 aromatic carbocycles. The van der Waals surface area contributed by atoms with Crippen molar-refractivity contribution in [2.75, 3.05) is 0 Å². The SMILES string of the molecule is O=c1[nH]cc([C@H]2CC3CCC2N3)cc1Br. The average Bonchev–Trinajstić information content (AvgIpc) is 2.83. The summed E-state index contributed by atoms with van der Waals surface area (Å²) in [5, 5.41) is 3.60. The van der Waals surface area contributed by atoms with E-state index < -0.39 is 0 Å². The molecule has 2 aliphatic heterocycles. The van der Waals surface area contributed by atoms with Crippen LogP contribution in [0.1, 0.15) is 30.7 Å². The molecule has 2 bridgehead atoms. The van der Waals surface area contributed by atoms with E-state index in [-0.39, 0.29) is 5.56 Å². The molecule has 3 rings (SSSR count). The van der Waals surface area contributed by atoms with Crippen LogP contribution >= 0.6 is 15.9 Å². The Morgan fingerprint density at radius 1 is 1.40 bits per heavy atom. The second-order valence-corrected chi connectivity index (χ2v) is 5.35. The molecular formula is C11H13BrN2O. The Labute approximate surface area is 96.4 Å². The van der Waals surface area contributed by atoms with E-state index in [1.165, 1.54) is 24.8 Å². The van der Waals surface area contributed by atoms with Crippen molar-refractivity contribution in [3.63, 3.8) is 0 Å². The molecule has 15 heavy (non-hydrogen) atoms. The van der Waals surface area contributed by atoms with Gasteiger partial charge in [-0.1, -0.05) is 0 Å². The number of rotatable bonds is 1. The monoisotopic (exact) mass is 268 g/mol. The Hall–Kier alpha value is -0.610. The Balaban J connectivity index is 1.93. The van der Waals surface area contributed by atoms with Gasteiger partial charge in [0.05, 0.1) is 4.47 Å². The van der Waals surface area contributed by atoms with E-state index in [0.717, 1.165) is 0 Å². The number of aromatic amines is 1. The van der Waals surface area contributed by atoms with Gasteiger partial charge in [0.15, 0.2) is 0 Å². The summed E-state index contributed by atoms with van der Waals surface area (Å²) in [5.41, 5.74) is 1.20. The molecule has 80 valence electrons. The molecule has 2 fully saturated rings. The van der Waals surface area contributed by atoms with Crippen molar-refractivity contribution in [1.29, 1.82) is 0 Å². The van der Waals surface area contributed by atoms with E-state index in [4.69, 9.17) is 0 Å². The van der Waals surface area contributed by atoms with Crippen LogP contribution in [0.5, 0.6) is 0 Å².